The van der Waals surface area contributed by atoms with Gasteiger partial charge < -0.3 is 79.4 Å². The van der Waals surface area contributed by atoms with E-state index in [9.17, 15) is 73.2 Å². The highest BCUT2D eigenvalue weighted by atomic mass is 16.4. The van der Waals surface area contributed by atoms with Gasteiger partial charge >= 0.3 is 11.9 Å². The molecule has 80 heavy (non-hydrogen) atoms. The number of carbonyl (C=O) groups excluding carboxylic acids is 9. The number of aromatic hydroxyl groups is 1. The normalized spacial score (nSPS) is 15.1. The maximum absolute atomic E-state index is 14.6. The summed E-state index contributed by atoms with van der Waals surface area (Å²) >= 11 is 0. The molecule has 0 aliphatic carbocycles. The maximum atomic E-state index is 14.6. The van der Waals surface area contributed by atoms with E-state index in [0.29, 0.717) is 22.0 Å². The van der Waals surface area contributed by atoms with E-state index in [1.807, 2.05) is 0 Å². The number of carbonyl (C=O) groups is 11. The van der Waals surface area contributed by atoms with Gasteiger partial charge in [0.25, 0.3) is 0 Å². The number of phenols is 1. The molecule has 26 heteroatoms. The quantitative estimate of drug-likeness (QED) is 0.0351. The van der Waals surface area contributed by atoms with E-state index < -0.39 is 151 Å². The van der Waals surface area contributed by atoms with Crippen molar-refractivity contribution in [3.8, 4) is 5.75 Å². The van der Waals surface area contributed by atoms with Crippen molar-refractivity contribution in [2.24, 2.45) is 35.1 Å². The Morgan fingerprint density at radius 3 is 1.62 bits per heavy atom. The molecule has 0 aliphatic heterocycles. The summed E-state index contributed by atoms with van der Waals surface area (Å²) in [5.41, 5.74) is 12.9. The number of para-hydroxylation sites is 1. The van der Waals surface area contributed by atoms with Crippen LogP contribution in [-0.2, 0) is 65.6 Å². The van der Waals surface area contributed by atoms with Crippen molar-refractivity contribution in [3.05, 3.63) is 65.9 Å². The first-order valence-electron chi connectivity index (χ1n) is 26.4. The Kier molecular flexibility index (Phi) is 26.0. The molecule has 9 amide bonds. The lowest BCUT2D eigenvalue weighted by Gasteiger charge is -2.29. The second-order valence-corrected chi connectivity index (χ2v) is 20.9. The lowest BCUT2D eigenvalue weighted by molar-refractivity contribution is -0.143. The number of aliphatic hydroxyl groups is 1. The Bertz CT molecular complexity index is 2660. The second kappa shape index (κ2) is 31.5. The fourth-order valence-electron chi connectivity index (χ4n) is 8.29. The van der Waals surface area contributed by atoms with Gasteiger partial charge in [-0.2, -0.15) is 0 Å². The number of hydrogen-bond acceptors (Lipinski definition) is 14. The van der Waals surface area contributed by atoms with Gasteiger partial charge in [-0.3, -0.25) is 47.9 Å². The highest BCUT2D eigenvalue weighted by Gasteiger charge is 2.37. The smallest absolute Gasteiger partial charge is 0.326 e. The molecule has 0 spiro atoms. The number of aromatic nitrogens is 1. The molecule has 0 fully saturated rings. The number of benzene rings is 2. The van der Waals surface area contributed by atoms with Crippen molar-refractivity contribution in [3.63, 3.8) is 0 Å². The van der Waals surface area contributed by atoms with E-state index in [-0.39, 0.29) is 49.7 Å². The number of H-pyrrole nitrogens is 1. The van der Waals surface area contributed by atoms with Gasteiger partial charge in [-0.25, -0.2) is 4.79 Å². The molecule has 0 radical (unpaired) electrons. The molecule has 0 unspecified atom stereocenters. The summed E-state index contributed by atoms with van der Waals surface area (Å²) in [6, 6.07) is -0.992. The van der Waals surface area contributed by atoms with Crippen molar-refractivity contribution in [1.29, 1.82) is 0 Å². The van der Waals surface area contributed by atoms with Crippen LogP contribution in [0.5, 0.6) is 5.75 Å². The maximum Gasteiger partial charge on any atom is 0.326 e. The molecule has 0 saturated carbocycles. The Morgan fingerprint density at radius 1 is 0.575 bits per heavy atom. The van der Waals surface area contributed by atoms with Gasteiger partial charge in [0.05, 0.1) is 19.1 Å². The number of nitrogens with two attached hydrogens (primary N) is 2. The summed E-state index contributed by atoms with van der Waals surface area (Å²) in [6.45, 7) is 12.3. The molecule has 440 valence electrons. The van der Waals surface area contributed by atoms with Crippen molar-refractivity contribution in [2.45, 2.75) is 155 Å². The van der Waals surface area contributed by atoms with Gasteiger partial charge in [0.15, 0.2) is 0 Å². The Balaban J connectivity index is 1.98. The molecule has 10 atom stereocenters. The largest absolute Gasteiger partial charge is 0.508 e. The number of rotatable bonds is 33. The zero-order valence-electron chi connectivity index (χ0n) is 46.3. The number of hydrogen-bond donors (Lipinski definition) is 15. The lowest BCUT2D eigenvalue weighted by atomic mass is 9.96. The summed E-state index contributed by atoms with van der Waals surface area (Å²) in [6.07, 6.45) is -0.414. The minimum absolute atomic E-state index is 0.0831. The summed E-state index contributed by atoms with van der Waals surface area (Å²) in [5.74, 6) is -13.4. The van der Waals surface area contributed by atoms with Gasteiger partial charge in [-0.05, 0) is 65.8 Å². The number of carboxylic acids is 2. The molecule has 3 rings (SSSR count). The monoisotopic (exact) mass is 1120 g/mol. The average Bonchev–Trinajstić information content (AvgIpc) is 3.80. The van der Waals surface area contributed by atoms with E-state index in [4.69, 9.17) is 11.5 Å². The minimum atomic E-state index is -1.81. The Hall–Kier alpha value is -8.13. The highest BCUT2D eigenvalue weighted by Crippen LogP contribution is 2.21. The molecular weight excluding hydrogens is 1040 g/mol. The molecule has 0 aliphatic rings. The first-order chi connectivity index (χ1) is 37.6. The van der Waals surface area contributed by atoms with Crippen LogP contribution in [0.25, 0.3) is 10.9 Å². The second-order valence-electron chi connectivity index (χ2n) is 20.9. The highest BCUT2D eigenvalue weighted by molar-refractivity contribution is 5.99. The minimum Gasteiger partial charge on any atom is -0.508 e. The Labute approximate surface area is 463 Å². The molecule has 1 heterocycles. The van der Waals surface area contributed by atoms with Crippen LogP contribution < -0.4 is 54.0 Å². The third-order valence-corrected chi connectivity index (χ3v) is 13.3. The van der Waals surface area contributed by atoms with E-state index in [2.05, 4.69) is 47.5 Å². The number of phenolic OH excluding ortho intramolecular Hbond substituents is 1. The molecule has 3 aromatic rings. The summed E-state index contributed by atoms with van der Waals surface area (Å²) in [5, 5.41) is 60.6. The zero-order valence-corrected chi connectivity index (χ0v) is 46.3. The molecular formula is C54H79N11O15. The van der Waals surface area contributed by atoms with Crippen LogP contribution in [-0.4, -0.2) is 151 Å². The van der Waals surface area contributed by atoms with E-state index in [1.54, 1.807) is 72.0 Å². The fraction of sp³-hybridized carbons (Fsp3) is 0.537. The number of fused-ring (bicyclic) bond motifs is 1. The number of nitrogens with one attached hydrogen (secondary N) is 9. The van der Waals surface area contributed by atoms with E-state index in [1.165, 1.54) is 38.1 Å². The van der Waals surface area contributed by atoms with Gasteiger partial charge in [0.2, 0.25) is 53.2 Å². The van der Waals surface area contributed by atoms with Crippen molar-refractivity contribution in [2.75, 3.05) is 6.61 Å². The van der Waals surface area contributed by atoms with Crippen molar-refractivity contribution >= 4 is 76.0 Å². The van der Waals surface area contributed by atoms with Crippen LogP contribution in [0, 0.1) is 23.7 Å². The fourth-order valence-corrected chi connectivity index (χ4v) is 8.29. The Morgan fingerprint density at radius 2 is 1.07 bits per heavy atom. The van der Waals surface area contributed by atoms with Crippen LogP contribution >= 0.6 is 0 Å². The summed E-state index contributed by atoms with van der Waals surface area (Å²) in [4.78, 5) is 151. The topological polar surface area (TPSA) is 433 Å². The van der Waals surface area contributed by atoms with Crippen LogP contribution in [0.15, 0.2) is 54.7 Å². The van der Waals surface area contributed by atoms with Crippen molar-refractivity contribution < 1.29 is 73.2 Å². The molecule has 0 saturated heterocycles. The summed E-state index contributed by atoms with van der Waals surface area (Å²) < 4.78 is 0. The number of carboxylic acid groups (broad SMARTS) is 2. The molecule has 2 aromatic carbocycles. The zero-order chi connectivity index (χ0) is 60.1. The predicted octanol–water partition coefficient (Wildman–Crippen LogP) is -0.914. The first kappa shape index (κ1) is 66.2. The van der Waals surface area contributed by atoms with Crippen LogP contribution in [0.4, 0.5) is 0 Å². The number of aromatic amines is 1. The number of aliphatic carboxylic acids is 2. The number of primary amides is 1. The third-order valence-electron chi connectivity index (χ3n) is 13.3. The number of amides is 9. The van der Waals surface area contributed by atoms with E-state index in [0.717, 1.165) is 0 Å². The van der Waals surface area contributed by atoms with Gasteiger partial charge in [0.1, 0.15) is 54.1 Å². The third kappa shape index (κ3) is 20.6. The molecule has 17 N–H and O–H groups in total. The summed E-state index contributed by atoms with van der Waals surface area (Å²) in [7, 11) is 0. The standard InChI is InChI=1S/C54H79N11O15/c1-9-29(8)45(53(78)63-40(25-66)51(76)59-37(21-30-14-16-32(67)17-15-30)48(73)58-35(18-19-41(55)68)46(71)64-44(28(6)7)54(79)80)65-50(75)38(22-31-24-57-34-13-11-10-12-33(31)34)60-49(74)39(23-42(69)70)61-47(72)36(20-26(2)3)62-52(77)43(56)27(4)5/h10-17,24,26-29,35-40,43-45,57,66-67H,9,18-23,25,56H2,1-8H3,(H2,55,68)(H,58,73)(H,59,76)(H,60,74)(H,61,72)(H,62,77)(H,63,78)(H,64,71)(H,65,75)(H,69,70)(H,79,80)/t29-,35-,36-,37-,38-,39-,40-,43-,44-,45-/m0/s1. The average molecular weight is 1120 g/mol. The van der Waals surface area contributed by atoms with Gasteiger partial charge in [-0.15, -0.1) is 0 Å². The van der Waals surface area contributed by atoms with Crippen LogP contribution in [0.3, 0.4) is 0 Å². The molecule has 26 nitrogen and oxygen atoms in total. The molecule has 1 aromatic heterocycles. The van der Waals surface area contributed by atoms with Crippen molar-refractivity contribution in [1.82, 2.24) is 47.5 Å². The first-order valence-corrected chi connectivity index (χ1v) is 26.4. The van der Waals surface area contributed by atoms with Crippen LogP contribution in [0.2, 0.25) is 0 Å². The lowest BCUT2D eigenvalue weighted by Crippen LogP contribution is -2.62. The SMILES string of the molecule is CC[C@H](C)[C@H](NC(=O)[C@H](Cc1c[nH]c2ccccc12)NC(=O)[C@H](CC(=O)O)NC(=O)[C@H](CC(C)C)NC(=O)[C@@H](N)C(C)C)C(=O)N[C@@H](CO)C(=O)N[C@@H](Cc1ccc(O)cc1)C(=O)N[C@@H](CCC(N)=O)C(=O)N[C@H](C(=O)O)C(C)C. The van der Waals surface area contributed by atoms with Gasteiger partial charge in [-0.1, -0.05) is 92.1 Å². The van der Waals surface area contributed by atoms with Gasteiger partial charge in [0, 0.05) is 36.4 Å². The van der Waals surface area contributed by atoms with Crippen LogP contribution in [0.1, 0.15) is 98.6 Å². The predicted molar refractivity (Wildman–Crippen MR) is 291 cm³/mol. The molecule has 0 bridgehead atoms. The van der Waals surface area contributed by atoms with E-state index >= 15 is 0 Å². The number of aliphatic hydroxyl groups excluding tert-OH is 1.